The molecule has 1 aliphatic heterocycles. The fourth-order valence-electron chi connectivity index (χ4n) is 1.97. The molecule has 0 aromatic carbocycles. The first-order chi connectivity index (χ1) is 9.08. The van der Waals surface area contributed by atoms with Crippen molar-refractivity contribution in [3.8, 4) is 0 Å². The zero-order valence-electron chi connectivity index (χ0n) is 10.5. The molecule has 1 aliphatic rings. The molecule has 8 heteroatoms. The number of carboxylic acids is 1. The van der Waals surface area contributed by atoms with Crippen LogP contribution in [0.5, 0.6) is 0 Å². The molecule has 104 valence electrons. The average molecular weight is 268 g/mol. The van der Waals surface area contributed by atoms with Crippen LogP contribution in [0.15, 0.2) is 12.4 Å². The summed E-state index contributed by atoms with van der Waals surface area (Å²) in [6.07, 6.45) is 3.56. The van der Waals surface area contributed by atoms with Gasteiger partial charge in [-0.1, -0.05) is 0 Å². The zero-order chi connectivity index (χ0) is 13.8. The number of hydrogen-bond donors (Lipinski definition) is 3. The van der Waals surface area contributed by atoms with Crippen molar-refractivity contribution in [3.63, 3.8) is 0 Å². The van der Waals surface area contributed by atoms with E-state index in [2.05, 4.69) is 15.7 Å². The lowest BCUT2D eigenvalue weighted by Gasteiger charge is -2.09. The number of methoxy groups -OCH3 is 1. The van der Waals surface area contributed by atoms with Gasteiger partial charge in [-0.25, -0.2) is 0 Å². The second-order valence-corrected chi connectivity index (χ2v) is 4.36. The van der Waals surface area contributed by atoms with Gasteiger partial charge in [0.05, 0.1) is 24.0 Å². The minimum absolute atomic E-state index is 0.0467. The van der Waals surface area contributed by atoms with Gasteiger partial charge >= 0.3 is 5.97 Å². The van der Waals surface area contributed by atoms with Crippen LogP contribution in [-0.2, 0) is 20.9 Å². The number of nitrogens with zero attached hydrogens (tertiary/aromatic N) is 2. The highest BCUT2D eigenvalue weighted by atomic mass is 16.5. The third-order valence-electron chi connectivity index (χ3n) is 2.94. The van der Waals surface area contributed by atoms with Crippen LogP contribution in [0.25, 0.3) is 0 Å². The van der Waals surface area contributed by atoms with Crippen LogP contribution in [0.3, 0.4) is 0 Å². The van der Waals surface area contributed by atoms with Crippen LogP contribution in [0.1, 0.15) is 6.42 Å². The monoisotopic (exact) mass is 268 g/mol. The fraction of sp³-hybridized carbons (Fsp3) is 0.545. The second kappa shape index (κ2) is 5.81. The SMILES string of the molecule is COC1CNC(C(=O)Nc2cnn(CC(=O)O)c2)C1. The molecule has 1 aromatic rings. The van der Waals surface area contributed by atoms with Gasteiger partial charge in [0, 0.05) is 19.9 Å². The number of anilines is 1. The molecule has 0 radical (unpaired) electrons. The van der Waals surface area contributed by atoms with Gasteiger partial charge in [0.25, 0.3) is 0 Å². The Hall–Kier alpha value is -1.93. The molecule has 0 bridgehead atoms. The highest BCUT2D eigenvalue weighted by molar-refractivity contribution is 5.94. The molecule has 1 amide bonds. The largest absolute Gasteiger partial charge is 0.480 e. The normalized spacial score (nSPS) is 22.4. The lowest BCUT2D eigenvalue weighted by molar-refractivity contribution is -0.137. The smallest absolute Gasteiger partial charge is 0.325 e. The summed E-state index contributed by atoms with van der Waals surface area (Å²) in [7, 11) is 1.61. The van der Waals surface area contributed by atoms with E-state index in [4.69, 9.17) is 9.84 Å². The van der Waals surface area contributed by atoms with Gasteiger partial charge in [-0.3, -0.25) is 14.3 Å². The maximum Gasteiger partial charge on any atom is 0.325 e. The molecule has 0 spiro atoms. The maximum absolute atomic E-state index is 11.9. The van der Waals surface area contributed by atoms with Gasteiger partial charge in [0.1, 0.15) is 6.54 Å². The van der Waals surface area contributed by atoms with Crippen molar-refractivity contribution in [2.45, 2.75) is 25.1 Å². The number of rotatable bonds is 5. The minimum Gasteiger partial charge on any atom is -0.480 e. The molecule has 19 heavy (non-hydrogen) atoms. The second-order valence-electron chi connectivity index (χ2n) is 4.36. The Morgan fingerprint density at radius 1 is 1.68 bits per heavy atom. The molecule has 2 unspecified atom stereocenters. The van der Waals surface area contributed by atoms with Crippen LogP contribution in [-0.4, -0.2) is 52.6 Å². The Morgan fingerprint density at radius 3 is 3.11 bits per heavy atom. The van der Waals surface area contributed by atoms with Crippen LogP contribution in [0.4, 0.5) is 5.69 Å². The number of aromatic nitrogens is 2. The number of nitrogens with one attached hydrogen (secondary N) is 2. The van der Waals surface area contributed by atoms with Crippen molar-refractivity contribution in [3.05, 3.63) is 12.4 Å². The van der Waals surface area contributed by atoms with E-state index in [1.54, 1.807) is 7.11 Å². The molecule has 1 fully saturated rings. The van der Waals surface area contributed by atoms with Gasteiger partial charge in [-0.2, -0.15) is 5.10 Å². The first kappa shape index (κ1) is 13.5. The van der Waals surface area contributed by atoms with Gasteiger partial charge in [-0.15, -0.1) is 0 Å². The summed E-state index contributed by atoms with van der Waals surface area (Å²) in [4.78, 5) is 22.4. The van der Waals surface area contributed by atoms with Gasteiger partial charge < -0.3 is 20.5 Å². The van der Waals surface area contributed by atoms with Crippen molar-refractivity contribution in [1.29, 1.82) is 0 Å². The van der Waals surface area contributed by atoms with E-state index in [0.29, 0.717) is 18.7 Å². The van der Waals surface area contributed by atoms with Crippen molar-refractivity contribution in [1.82, 2.24) is 15.1 Å². The first-order valence-corrected chi connectivity index (χ1v) is 5.89. The number of carbonyl (C=O) groups is 2. The average Bonchev–Trinajstić information content (AvgIpc) is 2.97. The number of amides is 1. The number of aliphatic carboxylic acids is 1. The molecule has 8 nitrogen and oxygen atoms in total. The maximum atomic E-state index is 11.9. The van der Waals surface area contributed by atoms with E-state index in [1.807, 2.05) is 0 Å². The van der Waals surface area contributed by atoms with E-state index in [1.165, 1.54) is 17.1 Å². The third-order valence-corrected chi connectivity index (χ3v) is 2.94. The van der Waals surface area contributed by atoms with E-state index < -0.39 is 5.97 Å². The van der Waals surface area contributed by atoms with Crippen molar-refractivity contribution in [2.24, 2.45) is 0 Å². The summed E-state index contributed by atoms with van der Waals surface area (Å²) < 4.78 is 6.41. The molecular weight excluding hydrogens is 252 g/mol. The van der Waals surface area contributed by atoms with Crippen molar-refractivity contribution >= 4 is 17.6 Å². The summed E-state index contributed by atoms with van der Waals surface area (Å²) in [6.45, 7) is 0.413. The standard InChI is InChI=1S/C11H16N4O4/c1-19-8-2-9(12-4-8)11(18)14-7-3-13-15(5-7)6-10(16)17/h3,5,8-9,12H,2,4,6H2,1H3,(H,14,18)(H,16,17). The van der Waals surface area contributed by atoms with Gasteiger partial charge in [0.15, 0.2) is 0 Å². The zero-order valence-corrected chi connectivity index (χ0v) is 10.5. The Bertz CT molecular complexity index is 473. The van der Waals surface area contributed by atoms with Gasteiger partial charge in [-0.05, 0) is 6.42 Å². The van der Waals surface area contributed by atoms with Crippen molar-refractivity contribution in [2.75, 3.05) is 19.0 Å². The Balaban J connectivity index is 1.88. The minimum atomic E-state index is -0.985. The summed E-state index contributed by atoms with van der Waals surface area (Å²) >= 11 is 0. The van der Waals surface area contributed by atoms with E-state index >= 15 is 0 Å². The van der Waals surface area contributed by atoms with Gasteiger partial charge in [0.2, 0.25) is 5.91 Å². The summed E-state index contributed by atoms with van der Waals surface area (Å²) in [5.41, 5.74) is 0.480. The molecule has 2 rings (SSSR count). The van der Waals surface area contributed by atoms with Crippen LogP contribution >= 0.6 is 0 Å². The number of ether oxygens (including phenoxy) is 1. The molecule has 2 atom stereocenters. The Morgan fingerprint density at radius 2 is 2.47 bits per heavy atom. The molecule has 0 saturated carbocycles. The molecule has 1 saturated heterocycles. The molecule has 3 N–H and O–H groups in total. The third kappa shape index (κ3) is 3.52. The number of carbonyl (C=O) groups excluding carboxylic acids is 1. The Labute approximate surface area is 109 Å². The predicted molar refractivity (Wildman–Crippen MR) is 65.7 cm³/mol. The molecule has 2 heterocycles. The van der Waals surface area contributed by atoms with Crippen LogP contribution < -0.4 is 10.6 Å². The summed E-state index contributed by atoms with van der Waals surface area (Å²) in [6, 6.07) is -0.298. The lowest BCUT2D eigenvalue weighted by Crippen LogP contribution is -2.35. The number of hydrogen-bond acceptors (Lipinski definition) is 5. The number of carboxylic acid groups (broad SMARTS) is 1. The molecule has 1 aromatic heterocycles. The quantitative estimate of drug-likeness (QED) is 0.651. The summed E-state index contributed by atoms with van der Waals surface area (Å²) in [5.74, 6) is -1.16. The van der Waals surface area contributed by atoms with Crippen molar-refractivity contribution < 1.29 is 19.4 Å². The molecular formula is C11H16N4O4. The van der Waals surface area contributed by atoms with E-state index in [-0.39, 0.29) is 24.6 Å². The Kier molecular flexibility index (Phi) is 4.13. The summed E-state index contributed by atoms with van der Waals surface area (Å²) in [5, 5.41) is 18.2. The van der Waals surface area contributed by atoms with Crippen LogP contribution in [0.2, 0.25) is 0 Å². The lowest BCUT2D eigenvalue weighted by atomic mass is 10.2. The molecule has 0 aliphatic carbocycles. The first-order valence-electron chi connectivity index (χ1n) is 5.89. The predicted octanol–water partition coefficient (Wildman–Crippen LogP) is -0.717. The fourth-order valence-corrected chi connectivity index (χ4v) is 1.97. The highest BCUT2D eigenvalue weighted by Crippen LogP contribution is 2.12. The van der Waals surface area contributed by atoms with E-state index in [9.17, 15) is 9.59 Å². The topological polar surface area (TPSA) is 105 Å². The van der Waals surface area contributed by atoms with Crippen LogP contribution in [0, 0.1) is 0 Å². The highest BCUT2D eigenvalue weighted by Gasteiger charge is 2.29. The van der Waals surface area contributed by atoms with E-state index in [0.717, 1.165) is 0 Å².